The molecule has 8 heteroatoms. The summed E-state index contributed by atoms with van der Waals surface area (Å²) in [5, 5.41) is 4.29. The van der Waals surface area contributed by atoms with Crippen LogP contribution in [0.15, 0.2) is 55.0 Å². The third kappa shape index (κ3) is 3.16. The van der Waals surface area contributed by atoms with Crippen LogP contribution in [0, 0.1) is 5.82 Å². The molecule has 0 saturated carbocycles. The molecule has 4 aromatic rings. The van der Waals surface area contributed by atoms with Gasteiger partial charge in [-0.3, -0.25) is 0 Å². The number of fused-ring (bicyclic) bond motifs is 1. The molecule has 0 bridgehead atoms. The standard InChI is InChI=1S/C18H14ClFN6/c1-26(13-3-4-15(20)14(19)9-13)18-23-10-22-17(25-18)24-12-2-5-16-11(8-12)6-7-21-16/h2-10,21H,1H3,(H,22,23,24,25). The lowest BCUT2D eigenvalue weighted by atomic mass is 10.2. The second-order valence-corrected chi connectivity index (χ2v) is 6.08. The van der Waals surface area contributed by atoms with Crippen LogP contribution in [0.4, 0.5) is 27.7 Å². The van der Waals surface area contributed by atoms with E-state index in [0.717, 1.165) is 16.6 Å². The van der Waals surface area contributed by atoms with Crippen LogP contribution in [0.2, 0.25) is 5.02 Å². The Morgan fingerprint density at radius 1 is 1.12 bits per heavy atom. The Balaban J connectivity index is 1.60. The van der Waals surface area contributed by atoms with Crippen molar-refractivity contribution in [1.82, 2.24) is 19.9 Å². The normalized spacial score (nSPS) is 10.9. The lowest BCUT2D eigenvalue weighted by Crippen LogP contribution is -2.14. The average molecular weight is 369 g/mol. The molecule has 130 valence electrons. The first-order chi connectivity index (χ1) is 12.6. The third-order valence-electron chi connectivity index (χ3n) is 3.96. The van der Waals surface area contributed by atoms with Crippen LogP contribution in [0.1, 0.15) is 0 Å². The minimum absolute atomic E-state index is 0.0431. The number of rotatable bonds is 4. The van der Waals surface area contributed by atoms with E-state index >= 15 is 0 Å². The van der Waals surface area contributed by atoms with E-state index in [9.17, 15) is 4.39 Å². The van der Waals surface area contributed by atoms with Gasteiger partial charge in [-0.05, 0) is 42.5 Å². The highest BCUT2D eigenvalue weighted by molar-refractivity contribution is 6.31. The minimum atomic E-state index is -0.470. The first-order valence-corrected chi connectivity index (χ1v) is 8.20. The van der Waals surface area contributed by atoms with Gasteiger partial charge in [0.1, 0.15) is 12.1 Å². The monoisotopic (exact) mass is 368 g/mol. The Hall–Kier alpha value is -3.19. The predicted octanol–water partition coefficient (Wildman–Crippen LogP) is 4.66. The smallest absolute Gasteiger partial charge is 0.234 e. The fraction of sp³-hybridized carbons (Fsp3) is 0.0556. The second-order valence-electron chi connectivity index (χ2n) is 5.67. The highest BCUT2D eigenvalue weighted by Crippen LogP contribution is 2.26. The number of aromatic nitrogens is 4. The molecule has 2 heterocycles. The van der Waals surface area contributed by atoms with Gasteiger partial charge in [0.25, 0.3) is 0 Å². The zero-order chi connectivity index (χ0) is 18.1. The molecule has 0 fully saturated rings. The van der Waals surface area contributed by atoms with Crippen molar-refractivity contribution in [3.63, 3.8) is 0 Å². The molecule has 0 aliphatic carbocycles. The first kappa shape index (κ1) is 16.3. The maximum atomic E-state index is 13.4. The number of hydrogen-bond donors (Lipinski definition) is 2. The molecule has 6 nitrogen and oxygen atoms in total. The van der Waals surface area contributed by atoms with Crippen LogP contribution in [-0.4, -0.2) is 27.0 Å². The highest BCUT2D eigenvalue weighted by atomic mass is 35.5. The van der Waals surface area contributed by atoms with Crippen molar-refractivity contribution in [3.05, 3.63) is 65.8 Å². The van der Waals surface area contributed by atoms with Gasteiger partial charge >= 0.3 is 0 Å². The van der Waals surface area contributed by atoms with E-state index in [1.165, 1.54) is 18.5 Å². The van der Waals surface area contributed by atoms with Gasteiger partial charge in [-0.1, -0.05) is 11.6 Å². The van der Waals surface area contributed by atoms with Gasteiger partial charge in [0, 0.05) is 35.5 Å². The number of hydrogen-bond acceptors (Lipinski definition) is 5. The van der Waals surface area contributed by atoms with Crippen LogP contribution in [-0.2, 0) is 0 Å². The maximum absolute atomic E-state index is 13.4. The summed E-state index contributed by atoms with van der Waals surface area (Å²) >= 11 is 5.85. The molecule has 2 N–H and O–H groups in total. The molecular weight excluding hydrogens is 355 g/mol. The Labute approximate surface area is 153 Å². The third-order valence-corrected chi connectivity index (χ3v) is 4.25. The van der Waals surface area contributed by atoms with Crippen molar-refractivity contribution in [2.75, 3.05) is 17.3 Å². The Morgan fingerprint density at radius 3 is 2.85 bits per heavy atom. The Morgan fingerprint density at radius 2 is 2.00 bits per heavy atom. The quantitative estimate of drug-likeness (QED) is 0.548. The summed E-state index contributed by atoms with van der Waals surface area (Å²) in [5.41, 5.74) is 2.59. The molecule has 0 atom stereocenters. The Kier molecular flexibility index (Phi) is 4.14. The van der Waals surface area contributed by atoms with Crippen molar-refractivity contribution >= 4 is 45.8 Å². The molecule has 2 aromatic heterocycles. The van der Waals surface area contributed by atoms with E-state index in [0.29, 0.717) is 17.6 Å². The van der Waals surface area contributed by atoms with Crippen LogP contribution in [0.25, 0.3) is 10.9 Å². The summed E-state index contributed by atoms with van der Waals surface area (Å²) in [6.07, 6.45) is 3.30. The summed E-state index contributed by atoms with van der Waals surface area (Å²) in [6, 6.07) is 12.3. The largest absolute Gasteiger partial charge is 0.361 e. The SMILES string of the molecule is CN(c1ccc(F)c(Cl)c1)c1ncnc(Nc2ccc3[nH]ccc3c2)n1. The Bertz CT molecular complexity index is 1080. The zero-order valence-electron chi connectivity index (χ0n) is 13.7. The van der Waals surface area contributed by atoms with Crippen molar-refractivity contribution in [3.8, 4) is 0 Å². The highest BCUT2D eigenvalue weighted by Gasteiger charge is 2.11. The van der Waals surface area contributed by atoms with Crippen molar-refractivity contribution in [1.29, 1.82) is 0 Å². The van der Waals surface area contributed by atoms with Crippen molar-refractivity contribution < 1.29 is 4.39 Å². The molecule has 0 unspecified atom stereocenters. The van der Waals surface area contributed by atoms with Gasteiger partial charge in [-0.2, -0.15) is 4.98 Å². The molecular formula is C18H14ClFN6. The number of nitrogens with zero attached hydrogens (tertiary/aromatic N) is 4. The number of nitrogens with one attached hydrogen (secondary N) is 2. The van der Waals surface area contributed by atoms with Gasteiger partial charge in [-0.15, -0.1) is 0 Å². The molecule has 0 amide bonds. The van der Waals surface area contributed by atoms with Crippen LogP contribution < -0.4 is 10.2 Å². The topological polar surface area (TPSA) is 69.7 Å². The summed E-state index contributed by atoms with van der Waals surface area (Å²) in [4.78, 5) is 17.6. The molecule has 0 radical (unpaired) electrons. The molecule has 4 rings (SSSR count). The number of H-pyrrole nitrogens is 1. The summed E-state index contributed by atoms with van der Waals surface area (Å²) in [7, 11) is 1.77. The summed E-state index contributed by atoms with van der Waals surface area (Å²) < 4.78 is 13.4. The molecule has 0 spiro atoms. The van der Waals surface area contributed by atoms with E-state index < -0.39 is 5.82 Å². The van der Waals surface area contributed by atoms with E-state index in [4.69, 9.17) is 11.6 Å². The minimum Gasteiger partial charge on any atom is -0.361 e. The van der Waals surface area contributed by atoms with Crippen LogP contribution in [0.5, 0.6) is 0 Å². The summed E-state index contributed by atoms with van der Waals surface area (Å²) in [5.74, 6) is 0.347. The van der Waals surface area contributed by atoms with Crippen molar-refractivity contribution in [2.45, 2.75) is 0 Å². The van der Waals surface area contributed by atoms with Gasteiger partial charge in [0.15, 0.2) is 0 Å². The predicted molar refractivity (Wildman–Crippen MR) is 101 cm³/mol. The fourth-order valence-corrected chi connectivity index (χ4v) is 2.75. The van der Waals surface area contributed by atoms with E-state index in [1.54, 1.807) is 18.0 Å². The van der Waals surface area contributed by atoms with Crippen LogP contribution in [0.3, 0.4) is 0 Å². The number of aromatic amines is 1. The zero-order valence-corrected chi connectivity index (χ0v) is 14.5. The second kappa shape index (κ2) is 6.61. The lowest BCUT2D eigenvalue weighted by molar-refractivity contribution is 0.628. The lowest BCUT2D eigenvalue weighted by Gasteiger charge is -2.17. The fourth-order valence-electron chi connectivity index (χ4n) is 2.58. The van der Waals surface area contributed by atoms with E-state index in [-0.39, 0.29) is 5.02 Å². The molecule has 2 aromatic carbocycles. The van der Waals surface area contributed by atoms with Gasteiger partial charge in [0.05, 0.1) is 5.02 Å². The van der Waals surface area contributed by atoms with E-state index in [2.05, 4.69) is 25.3 Å². The van der Waals surface area contributed by atoms with Gasteiger partial charge < -0.3 is 15.2 Å². The van der Waals surface area contributed by atoms with Crippen molar-refractivity contribution in [2.24, 2.45) is 0 Å². The molecule has 0 aliphatic rings. The first-order valence-electron chi connectivity index (χ1n) is 7.82. The molecule has 26 heavy (non-hydrogen) atoms. The molecule has 0 saturated heterocycles. The van der Waals surface area contributed by atoms with Crippen LogP contribution >= 0.6 is 11.6 Å². The average Bonchev–Trinajstić information content (AvgIpc) is 3.11. The maximum Gasteiger partial charge on any atom is 0.234 e. The summed E-state index contributed by atoms with van der Waals surface area (Å²) in [6.45, 7) is 0. The number of benzene rings is 2. The van der Waals surface area contributed by atoms with Gasteiger partial charge in [-0.25, -0.2) is 14.4 Å². The number of anilines is 4. The number of halogens is 2. The molecule has 0 aliphatic heterocycles. The van der Waals surface area contributed by atoms with Gasteiger partial charge in [0.2, 0.25) is 11.9 Å². The van der Waals surface area contributed by atoms with E-state index in [1.807, 2.05) is 30.5 Å².